The summed E-state index contributed by atoms with van der Waals surface area (Å²) in [6, 6.07) is 12.1. The van der Waals surface area contributed by atoms with E-state index in [1.54, 1.807) is 0 Å². The molecule has 1 aliphatic rings. The monoisotopic (exact) mass is 286 g/mol. The number of benzene rings is 1. The van der Waals surface area contributed by atoms with Crippen LogP contribution in [0.15, 0.2) is 41.6 Å². The molecule has 0 bridgehead atoms. The Labute approximate surface area is 124 Å². The fraction of sp³-hybridized carbons (Fsp3) is 0.500. The van der Waals surface area contributed by atoms with Crippen molar-refractivity contribution < 1.29 is 4.79 Å². The third-order valence-corrected chi connectivity index (χ3v) is 9.64. The van der Waals surface area contributed by atoms with Gasteiger partial charge in [-0.15, -0.1) is 0 Å². The van der Waals surface area contributed by atoms with Crippen LogP contribution in [-0.2, 0) is 4.79 Å². The molecule has 1 aromatic rings. The summed E-state index contributed by atoms with van der Waals surface area (Å²) in [5.74, 6) is 0.540. The SMILES string of the molecule is CC(C)(C)[C@H]1CCC[Si@](C)(c2ccccc2)/C1=C\C=O. The van der Waals surface area contributed by atoms with E-state index in [0.29, 0.717) is 5.92 Å². The van der Waals surface area contributed by atoms with Crippen LogP contribution in [0.25, 0.3) is 0 Å². The van der Waals surface area contributed by atoms with Crippen LogP contribution < -0.4 is 5.19 Å². The van der Waals surface area contributed by atoms with E-state index < -0.39 is 8.07 Å². The van der Waals surface area contributed by atoms with Gasteiger partial charge in [0.25, 0.3) is 0 Å². The minimum absolute atomic E-state index is 0.234. The summed E-state index contributed by atoms with van der Waals surface area (Å²) >= 11 is 0. The van der Waals surface area contributed by atoms with E-state index in [-0.39, 0.29) is 5.41 Å². The first-order valence-corrected chi connectivity index (χ1v) is 10.3. The van der Waals surface area contributed by atoms with Gasteiger partial charge in [0.2, 0.25) is 0 Å². The van der Waals surface area contributed by atoms with Gasteiger partial charge in [-0.05, 0) is 29.9 Å². The molecule has 0 amide bonds. The average molecular weight is 286 g/mol. The minimum Gasteiger partial charge on any atom is -0.299 e. The van der Waals surface area contributed by atoms with Gasteiger partial charge in [-0.1, -0.05) is 74.5 Å². The number of rotatable bonds is 2. The minimum atomic E-state index is -1.71. The zero-order valence-corrected chi connectivity index (χ0v) is 14.1. The highest BCUT2D eigenvalue weighted by atomic mass is 28.3. The van der Waals surface area contributed by atoms with Crippen molar-refractivity contribution in [2.45, 2.75) is 46.2 Å². The number of hydrogen-bond acceptors (Lipinski definition) is 1. The third-order valence-electron chi connectivity index (χ3n) is 4.89. The number of allylic oxidation sites excluding steroid dienone is 2. The molecule has 0 aromatic heterocycles. The summed E-state index contributed by atoms with van der Waals surface area (Å²) in [6.07, 6.45) is 5.41. The van der Waals surface area contributed by atoms with Crippen LogP contribution in [0.5, 0.6) is 0 Å². The lowest BCUT2D eigenvalue weighted by atomic mass is 9.77. The number of aldehydes is 1. The van der Waals surface area contributed by atoms with Crippen LogP contribution in [0, 0.1) is 11.3 Å². The lowest BCUT2D eigenvalue weighted by Gasteiger charge is -2.45. The smallest absolute Gasteiger partial charge is 0.142 e. The first kappa shape index (κ1) is 15.2. The molecular formula is C18H26OSi. The van der Waals surface area contributed by atoms with Crippen molar-refractivity contribution in [1.82, 2.24) is 0 Å². The Morgan fingerprint density at radius 2 is 1.85 bits per heavy atom. The highest BCUT2D eigenvalue weighted by Crippen LogP contribution is 2.45. The maximum Gasteiger partial charge on any atom is 0.142 e. The van der Waals surface area contributed by atoms with Crippen molar-refractivity contribution in [3.05, 3.63) is 41.6 Å². The maximum atomic E-state index is 11.2. The molecule has 1 fully saturated rings. The van der Waals surface area contributed by atoms with Crippen molar-refractivity contribution >= 4 is 19.5 Å². The molecule has 2 heteroatoms. The predicted molar refractivity (Wildman–Crippen MR) is 88.8 cm³/mol. The summed E-state index contributed by atoms with van der Waals surface area (Å²) in [5, 5.41) is 2.93. The molecule has 2 rings (SSSR count). The molecule has 0 radical (unpaired) electrons. The molecule has 0 unspecified atom stereocenters. The van der Waals surface area contributed by atoms with Gasteiger partial charge < -0.3 is 0 Å². The van der Waals surface area contributed by atoms with E-state index in [1.807, 2.05) is 6.08 Å². The maximum absolute atomic E-state index is 11.2. The van der Waals surface area contributed by atoms with Crippen molar-refractivity contribution in [1.29, 1.82) is 0 Å². The first-order valence-electron chi connectivity index (χ1n) is 7.61. The molecule has 1 aromatic carbocycles. The molecule has 108 valence electrons. The van der Waals surface area contributed by atoms with Crippen molar-refractivity contribution in [3.63, 3.8) is 0 Å². The van der Waals surface area contributed by atoms with E-state index in [2.05, 4.69) is 57.7 Å². The van der Waals surface area contributed by atoms with Crippen LogP contribution in [-0.4, -0.2) is 14.4 Å². The molecular weight excluding hydrogens is 260 g/mol. The quantitative estimate of drug-likeness (QED) is 0.454. The van der Waals surface area contributed by atoms with Gasteiger partial charge in [0, 0.05) is 0 Å². The molecule has 20 heavy (non-hydrogen) atoms. The molecule has 1 heterocycles. The van der Waals surface area contributed by atoms with E-state index in [9.17, 15) is 4.79 Å². The first-order chi connectivity index (χ1) is 9.39. The Kier molecular flexibility index (Phi) is 4.33. The molecule has 2 atom stereocenters. The van der Waals surface area contributed by atoms with Crippen LogP contribution in [0.2, 0.25) is 12.6 Å². The molecule has 0 N–H and O–H groups in total. The number of carbonyl (C=O) groups excluding carboxylic acids is 1. The normalized spacial score (nSPS) is 29.4. The topological polar surface area (TPSA) is 17.1 Å². The molecule has 0 aliphatic carbocycles. The lowest BCUT2D eigenvalue weighted by Crippen LogP contribution is -2.53. The van der Waals surface area contributed by atoms with E-state index in [4.69, 9.17) is 0 Å². The van der Waals surface area contributed by atoms with E-state index in [0.717, 1.165) is 6.29 Å². The van der Waals surface area contributed by atoms with Gasteiger partial charge in [-0.25, -0.2) is 0 Å². The van der Waals surface area contributed by atoms with Gasteiger partial charge in [-0.2, -0.15) is 0 Å². The zero-order chi connectivity index (χ0) is 14.8. The Bertz CT molecular complexity index is 498. The van der Waals surface area contributed by atoms with Gasteiger partial charge in [0.1, 0.15) is 14.4 Å². The summed E-state index contributed by atoms with van der Waals surface area (Å²) in [5.41, 5.74) is 0.234. The van der Waals surface area contributed by atoms with Crippen molar-refractivity contribution in [2.24, 2.45) is 11.3 Å². The van der Waals surface area contributed by atoms with Gasteiger partial charge >= 0.3 is 0 Å². The van der Waals surface area contributed by atoms with Crippen LogP contribution in [0.4, 0.5) is 0 Å². The molecule has 0 saturated carbocycles. The standard InChI is InChI=1S/C18H26OSi/c1-18(2,3)16-11-8-14-20(4,17(16)12-13-19)15-9-6-5-7-10-15/h5-7,9-10,12-13,16H,8,11,14H2,1-4H3/b17-12-/t16-,20+/m0/s1. The molecule has 1 nitrogen and oxygen atoms in total. The second kappa shape index (κ2) is 5.69. The predicted octanol–water partition coefficient (Wildman–Crippen LogP) is 4.09. The van der Waals surface area contributed by atoms with Gasteiger partial charge in [-0.3, -0.25) is 4.79 Å². The van der Waals surface area contributed by atoms with Gasteiger partial charge in [0.05, 0.1) is 0 Å². The zero-order valence-electron chi connectivity index (χ0n) is 13.1. The fourth-order valence-electron chi connectivity index (χ4n) is 3.73. The van der Waals surface area contributed by atoms with Crippen LogP contribution in [0.3, 0.4) is 0 Å². The summed E-state index contributed by atoms with van der Waals surface area (Å²) in [6.45, 7) is 9.36. The lowest BCUT2D eigenvalue weighted by molar-refractivity contribution is -0.104. The number of hydrogen-bond donors (Lipinski definition) is 0. The third kappa shape index (κ3) is 2.80. The Hall–Kier alpha value is -1.15. The second-order valence-electron chi connectivity index (χ2n) is 7.27. The summed E-state index contributed by atoms with van der Waals surface area (Å²) in [7, 11) is -1.71. The average Bonchev–Trinajstić information content (AvgIpc) is 2.41. The molecule has 1 aliphatic heterocycles. The van der Waals surface area contributed by atoms with Gasteiger partial charge in [0.15, 0.2) is 0 Å². The highest BCUT2D eigenvalue weighted by Gasteiger charge is 2.43. The molecule has 0 spiro atoms. The van der Waals surface area contributed by atoms with Crippen molar-refractivity contribution in [3.8, 4) is 0 Å². The van der Waals surface area contributed by atoms with Crippen molar-refractivity contribution in [2.75, 3.05) is 0 Å². The Morgan fingerprint density at radius 1 is 1.20 bits per heavy atom. The van der Waals surface area contributed by atoms with Crippen LogP contribution in [0.1, 0.15) is 33.6 Å². The fourth-order valence-corrected chi connectivity index (χ4v) is 8.27. The second-order valence-corrected chi connectivity index (χ2v) is 11.6. The van der Waals surface area contributed by atoms with Crippen LogP contribution >= 0.6 is 0 Å². The summed E-state index contributed by atoms with van der Waals surface area (Å²) in [4.78, 5) is 11.2. The molecule has 1 saturated heterocycles. The largest absolute Gasteiger partial charge is 0.299 e. The Balaban J connectivity index is 2.51. The van der Waals surface area contributed by atoms with E-state index in [1.165, 1.54) is 29.3 Å². The summed E-state index contributed by atoms with van der Waals surface area (Å²) < 4.78 is 0. The highest BCUT2D eigenvalue weighted by molar-refractivity contribution is 6.97. The van der Waals surface area contributed by atoms with E-state index >= 15 is 0 Å². The Morgan fingerprint density at radius 3 is 2.40 bits per heavy atom. The number of carbonyl (C=O) groups is 1.